The van der Waals surface area contributed by atoms with Crippen molar-refractivity contribution in [3.63, 3.8) is 0 Å². The van der Waals surface area contributed by atoms with Gasteiger partial charge in [-0.15, -0.1) is 10.2 Å². The van der Waals surface area contributed by atoms with Crippen molar-refractivity contribution in [2.45, 2.75) is 37.6 Å². The normalized spacial score (nSPS) is 21.0. The molecule has 1 aliphatic carbocycles. The van der Waals surface area contributed by atoms with Gasteiger partial charge < -0.3 is 10.1 Å². The topological polar surface area (TPSA) is 77.2 Å². The number of aromatic nitrogens is 5. The number of hydrogen-bond donors (Lipinski definition) is 1. The first-order chi connectivity index (χ1) is 15.8. The van der Waals surface area contributed by atoms with Crippen LogP contribution in [0.1, 0.15) is 36.6 Å². The molecule has 2 aliphatic rings. The zero-order valence-electron chi connectivity index (χ0n) is 17.9. The summed E-state index contributed by atoms with van der Waals surface area (Å²) in [6.45, 7) is 1.58. The average Bonchev–Trinajstić information content (AvgIpc) is 3.46. The number of hydrogen-bond acceptors (Lipinski definition) is 6. The summed E-state index contributed by atoms with van der Waals surface area (Å²) in [6.07, 6.45) is 8.11. The minimum atomic E-state index is 0.364. The van der Waals surface area contributed by atoms with Crippen LogP contribution in [0, 0.1) is 5.92 Å². The minimum absolute atomic E-state index is 0.364. The second kappa shape index (κ2) is 8.31. The molecule has 1 saturated carbocycles. The third-order valence-electron chi connectivity index (χ3n) is 6.54. The molecule has 1 aliphatic heterocycles. The van der Waals surface area contributed by atoms with E-state index in [0.29, 0.717) is 23.8 Å². The van der Waals surface area contributed by atoms with Crippen LogP contribution < -0.4 is 5.32 Å². The van der Waals surface area contributed by atoms with Crippen molar-refractivity contribution < 1.29 is 4.74 Å². The van der Waals surface area contributed by atoms with E-state index in [-0.39, 0.29) is 0 Å². The third kappa shape index (κ3) is 3.96. The Balaban J connectivity index is 1.19. The fourth-order valence-corrected chi connectivity index (χ4v) is 4.64. The summed E-state index contributed by atoms with van der Waals surface area (Å²) >= 11 is 0. The first-order valence-electron chi connectivity index (χ1n) is 11.4. The summed E-state index contributed by atoms with van der Waals surface area (Å²) in [6, 6.07) is 17.2. The second-order valence-electron chi connectivity index (χ2n) is 8.79. The lowest BCUT2D eigenvalue weighted by molar-refractivity contribution is 0.0903. The van der Waals surface area contributed by atoms with Crippen molar-refractivity contribution in [1.82, 2.24) is 24.6 Å². The zero-order valence-corrected chi connectivity index (χ0v) is 17.9. The molecule has 1 N–H and O–H groups in total. The van der Waals surface area contributed by atoms with Gasteiger partial charge in [0.1, 0.15) is 5.82 Å². The van der Waals surface area contributed by atoms with E-state index in [4.69, 9.17) is 9.72 Å². The number of rotatable bonds is 6. The highest BCUT2D eigenvalue weighted by Gasteiger charge is 2.41. The number of benzene rings is 1. The lowest BCUT2D eigenvalue weighted by Crippen LogP contribution is -2.28. The maximum absolute atomic E-state index is 5.43. The van der Waals surface area contributed by atoms with E-state index in [0.717, 1.165) is 55.2 Å². The summed E-state index contributed by atoms with van der Waals surface area (Å²) in [5.74, 6) is 2.85. The van der Waals surface area contributed by atoms with Gasteiger partial charge in [0.15, 0.2) is 5.65 Å². The first kappa shape index (κ1) is 19.4. The summed E-state index contributed by atoms with van der Waals surface area (Å²) in [5, 5.41) is 12.4. The highest BCUT2D eigenvalue weighted by atomic mass is 16.5. The molecule has 0 bridgehead atoms. The van der Waals surface area contributed by atoms with Gasteiger partial charge >= 0.3 is 0 Å². The fraction of sp³-hybridized carbons (Fsp3) is 0.360. The summed E-state index contributed by atoms with van der Waals surface area (Å²) in [5.41, 5.74) is 4.16. The van der Waals surface area contributed by atoms with Gasteiger partial charge in [0.25, 0.3) is 0 Å². The highest BCUT2D eigenvalue weighted by Crippen LogP contribution is 2.48. The maximum Gasteiger partial charge on any atom is 0.223 e. The van der Waals surface area contributed by atoms with Crippen molar-refractivity contribution >= 4 is 11.6 Å². The third-order valence-corrected chi connectivity index (χ3v) is 6.54. The molecule has 4 aromatic rings. The Hall–Kier alpha value is -3.32. The van der Waals surface area contributed by atoms with Gasteiger partial charge in [-0.1, -0.05) is 30.3 Å². The molecule has 1 saturated heterocycles. The number of nitrogens with zero attached hydrogens (tertiary/aromatic N) is 5. The van der Waals surface area contributed by atoms with Gasteiger partial charge in [-0.05, 0) is 55.4 Å². The molecule has 3 aromatic heterocycles. The SMILES string of the molecule is c1ccc(C[C@@H]2C[C@H]2c2nnc3cc(-c4ccnc(NC5CCOCC5)n4)ccn23)cc1. The quantitative estimate of drug-likeness (QED) is 0.500. The van der Waals surface area contributed by atoms with E-state index in [1.807, 2.05) is 12.3 Å². The Morgan fingerprint density at radius 2 is 1.91 bits per heavy atom. The summed E-state index contributed by atoms with van der Waals surface area (Å²) < 4.78 is 7.56. The van der Waals surface area contributed by atoms with Crippen LogP contribution in [0.3, 0.4) is 0 Å². The Labute approximate surface area is 186 Å². The van der Waals surface area contributed by atoms with Gasteiger partial charge in [0.2, 0.25) is 5.95 Å². The number of ether oxygens (including phenoxy) is 1. The molecule has 2 atom stereocenters. The largest absolute Gasteiger partial charge is 0.381 e. The number of fused-ring (bicyclic) bond motifs is 1. The van der Waals surface area contributed by atoms with Crippen LogP contribution in [0.5, 0.6) is 0 Å². The molecule has 0 unspecified atom stereocenters. The zero-order chi connectivity index (χ0) is 21.3. The van der Waals surface area contributed by atoms with Crippen LogP contribution in [0.4, 0.5) is 5.95 Å². The molecular weight excluding hydrogens is 400 g/mol. The predicted octanol–water partition coefficient (Wildman–Crippen LogP) is 4.12. The van der Waals surface area contributed by atoms with Crippen molar-refractivity contribution in [3.8, 4) is 11.3 Å². The van der Waals surface area contributed by atoms with Crippen molar-refractivity contribution in [2.75, 3.05) is 18.5 Å². The van der Waals surface area contributed by atoms with E-state index < -0.39 is 0 Å². The number of anilines is 1. The first-order valence-corrected chi connectivity index (χ1v) is 11.4. The van der Waals surface area contributed by atoms with E-state index in [1.165, 1.54) is 12.0 Å². The molecule has 6 rings (SSSR count). The van der Waals surface area contributed by atoms with Crippen LogP contribution in [0.25, 0.3) is 16.9 Å². The Morgan fingerprint density at radius 1 is 1.03 bits per heavy atom. The molecular formula is C25H26N6O. The number of nitrogens with one attached hydrogen (secondary N) is 1. The molecule has 0 radical (unpaired) electrons. The van der Waals surface area contributed by atoms with Gasteiger partial charge in [0, 0.05) is 43.1 Å². The lowest BCUT2D eigenvalue weighted by atomic mass is 10.1. The Bertz CT molecular complexity index is 1220. The van der Waals surface area contributed by atoms with E-state index in [9.17, 15) is 0 Å². The van der Waals surface area contributed by atoms with Gasteiger partial charge in [-0.3, -0.25) is 4.40 Å². The van der Waals surface area contributed by atoms with Crippen LogP contribution >= 0.6 is 0 Å². The van der Waals surface area contributed by atoms with Crippen LogP contribution in [-0.2, 0) is 11.2 Å². The molecule has 4 heterocycles. The molecule has 162 valence electrons. The molecule has 7 heteroatoms. The van der Waals surface area contributed by atoms with E-state index in [2.05, 4.69) is 73.6 Å². The molecule has 32 heavy (non-hydrogen) atoms. The fourth-order valence-electron chi connectivity index (χ4n) is 4.64. The predicted molar refractivity (Wildman–Crippen MR) is 122 cm³/mol. The molecule has 0 amide bonds. The van der Waals surface area contributed by atoms with Gasteiger partial charge in [0.05, 0.1) is 5.69 Å². The molecule has 1 aromatic carbocycles. The molecule has 7 nitrogen and oxygen atoms in total. The van der Waals surface area contributed by atoms with Gasteiger partial charge in [-0.25, -0.2) is 9.97 Å². The summed E-state index contributed by atoms with van der Waals surface area (Å²) in [7, 11) is 0. The Morgan fingerprint density at radius 3 is 2.78 bits per heavy atom. The Kier molecular flexibility index (Phi) is 5.03. The summed E-state index contributed by atoms with van der Waals surface area (Å²) in [4.78, 5) is 9.14. The lowest BCUT2D eigenvalue weighted by Gasteiger charge is -2.23. The van der Waals surface area contributed by atoms with Crippen molar-refractivity contribution in [2.24, 2.45) is 5.92 Å². The van der Waals surface area contributed by atoms with Crippen LogP contribution in [0.2, 0.25) is 0 Å². The van der Waals surface area contributed by atoms with E-state index >= 15 is 0 Å². The highest BCUT2D eigenvalue weighted by molar-refractivity contribution is 5.64. The monoisotopic (exact) mass is 426 g/mol. The van der Waals surface area contributed by atoms with Crippen molar-refractivity contribution in [3.05, 3.63) is 72.3 Å². The average molecular weight is 427 g/mol. The standard InChI is InChI=1S/C25H26N6O/c1-2-4-17(5-3-1)14-19-15-21(19)24-30-29-23-16-18(7-11-31(23)24)22-6-10-26-25(28-22)27-20-8-12-32-13-9-20/h1-7,10-11,16,19-21H,8-9,12-15H2,(H,26,27,28)/t19-,21-/m1/s1. The van der Waals surface area contributed by atoms with Crippen LogP contribution in [0.15, 0.2) is 60.9 Å². The maximum atomic E-state index is 5.43. The van der Waals surface area contributed by atoms with E-state index in [1.54, 1.807) is 0 Å². The smallest absolute Gasteiger partial charge is 0.223 e. The second-order valence-corrected chi connectivity index (χ2v) is 8.79. The number of pyridine rings is 1. The van der Waals surface area contributed by atoms with Crippen molar-refractivity contribution in [1.29, 1.82) is 0 Å². The van der Waals surface area contributed by atoms with Crippen LogP contribution in [-0.4, -0.2) is 43.8 Å². The molecule has 0 spiro atoms. The van der Waals surface area contributed by atoms with Gasteiger partial charge in [-0.2, -0.15) is 0 Å². The minimum Gasteiger partial charge on any atom is -0.381 e. The molecule has 2 fully saturated rings.